The van der Waals surface area contributed by atoms with E-state index in [-0.39, 0.29) is 44.2 Å². The van der Waals surface area contributed by atoms with Gasteiger partial charge < -0.3 is 10.2 Å². The number of hydrogen-bond donors (Lipinski definition) is 2. The van der Waals surface area contributed by atoms with Crippen molar-refractivity contribution in [2.45, 2.75) is 45.4 Å². The second kappa shape index (κ2) is 8.71. The lowest BCUT2D eigenvalue weighted by Crippen LogP contribution is -2.33. The molecule has 1 heterocycles. The van der Waals surface area contributed by atoms with Gasteiger partial charge in [0.25, 0.3) is 5.91 Å². The van der Waals surface area contributed by atoms with Crippen LogP contribution in [0.25, 0.3) is 10.9 Å². The number of carbonyl (C=O) groups excluding carboxylic acids is 1. The summed E-state index contributed by atoms with van der Waals surface area (Å²) in [5.41, 5.74) is -1.56. The summed E-state index contributed by atoms with van der Waals surface area (Å²) < 4.78 is 30.5. The van der Waals surface area contributed by atoms with Gasteiger partial charge in [0.1, 0.15) is 0 Å². The largest absolute Gasteiger partial charge is 0.503 e. The predicted octanol–water partition coefficient (Wildman–Crippen LogP) is 6.46. The first kappa shape index (κ1) is 24.0. The summed E-state index contributed by atoms with van der Waals surface area (Å²) in [5.74, 6) is -5.72. The van der Waals surface area contributed by atoms with Gasteiger partial charge in [0.2, 0.25) is 0 Å². The third-order valence-corrected chi connectivity index (χ3v) is 6.52. The lowest BCUT2D eigenvalue weighted by Gasteiger charge is -2.26. The molecule has 0 unspecified atom stereocenters. The molecule has 1 aromatic heterocycles. The highest BCUT2D eigenvalue weighted by atomic mass is 35.5. The van der Waals surface area contributed by atoms with E-state index in [2.05, 4.69) is 0 Å². The van der Waals surface area contributed by atoms with E-state index in [1.165, 1.54) is 32.0 Å². The minimum Gasteiger partial charge on any atom is -0.503 e. The quantitative estimate of drug-likeness (QED) is 0.421. The molecule has 0 aliphatic heterocycles. The lowest BCUT2D eigenvalue weighted by molar-refractivity contribution is -0.143. The van der Waals surface area contributed by atoms with Crippen molar-refractivity contribution in [2.24, 2.45) is 0 Å². The molecule has 0 amide bonds. The van der Waals surface area contributed by atoms with Crippen molar-refractivity contribution in [1.29, 1.82) is 0 Å². The van der Waals surface area contributed by atoms with E-state index in [4.69, 9.17) is 23.2 Å². The van der Waals surface area contributed by atoms with Crippen molar-refractivity contribution in [2.75, 3.05) is 0 Å². The summed E-state index contributed by atoms with van der Waals surface area (Å²) in [6, 6.07) is 4.95. The molecule has 2 N–H and O–H groups in total. The Labute approximate surface area is 193 Å². The van der Waals surface area contributed by atoms with Crippen LogP contribution < -0.4 is 0 Å². The van der Waals surface area contributed by atoms with Gasteiger partial charge in [-0.1, -0.05) is 43.0 Å². The Bertz CT molecular complexity index is 1260. The average Bonchev–Trinajstić information content (AvgIpc) is 3.03. The first-order valence-electron chi connectivity index (χ1n) is 9.91. The van der Waals surface area contributed by atoms with Gasteiger partial charge in [0.05, 0.1) is 21.0 Å². The molecule has 0 saturated heterocycles. The van der Waals surface area contributed by atoms with E-state index in [1.54, 1.807) is 0 Å². The van der Waals surface area contributed by atoms with Gasteiger partial charge in [-0.2, -0.15) is 0 Å². The van der Waals surface area contributed by atoms with Crippen LogP contribution in [0.1, 0.15) is 54.7 Å². The van der Waals surface area contributed by atoms with Gasteiger partial charge in [-0.15, -0.1) is 0 Å². The Hall–Kier alpha value is -2.64. The summed E-state index contributed by atoms with van der Waals surface area (Å²) in [6.45, 7) is 4.78. The molecule has 0 saturated carbocycles. The molecule has 5 nitrogen and oxygen atoms in total. The highest BCUT2D eigenvalue weighted by Gasteiger charge is 2.41. The molecule has 0 radical (unpaired) electrons. The molecule has 0 fully saturated rings. The minimum atomic E-state index is -1.59. The summed E-state index contributed by atoms with van der Waals surface area (Å²) in [7, 11) is 0. The van der Waals surface area contributed by atoms with Crippen molar-refractivity contribution in [3.05, 3.63) is 62.8 Å². The smallest absolute Gasteiger partial charge is 0.313 e. The van der Waals surface area contributed by atoms with Crippen molar-refractivity contribution in [1.82, 2.24) is 4.57 Å². The normalized spacial score (nSPS) is 13.3. The van der Waals surface area contributed by atoms with Crippen molar-refractivity contribution in [3.63, 3.8) is 0 Å². The number of phenolic OH excluding ortho intramolecular Hbond substituents is 1. The van der Waals surface area contributed by atoms with Crippen LogP contribution in [0.3, 0.4) is 0 Å². The first-order valence-corrected chi connectivity index (χ1v) is 10.7. The van der Waals surface area contributed by atoms with Crippen LogP contribution in [0.15, 0.2) is 24.3 Å². The zero-order valence-corrected chi connectivity index (χ0v) is 19.1. The van der Waals surface area contributed by atoms with Gasteiger partial charge in [0.15, 0.2) is 17.4 Å². The number of halogens is 4. The van der Waals surface area contributed by atoms with Gasteiger partial charge in [-0.3, -0.25) is 14.2 Å². The van der Waals surface area contributed by atoms with Gasteiger partial charge in [0, 0.05) is 28.3 Å². The number of nitrogens with zero attached hydrogens (tertiary/aromatic N) is 1. The highest BCUT2D eigenvalue weighted by Crippen LogP contribution is 2.43. The fraction of sp³-hybridized carbons (Fsp3) is 0.304. The topological polar surface area (TPSA) is 79.5 Å². The molecule has 0 aliphatic rings. The van der Waals surface area contributed by atoms with E-state index >= 15 is 4.39 Å². The number of fused-ring (bicyclic) bond motifs is 1. The van der Waals surface area contributed by atoms with E-state index in [1.807, 2.05) is 6.92 Å². The number of hydrogen-bond acceptors (Lipinski definition) is 3. The second-order valence-corrected chi connectivity index (χ2v) is 8.70. The van der Waals surface area contributed by atoms with Crippen LogP contribution in [0.2, 0.25) is 10.0 Å². The molecule has 1 atom stereocenters. The maximum absolute atomic E-state index is 15.2. The first-order chi connectivity index (χ1) is 15.0. The summed E-state index contributed by atoms with van der Waals surface area (Å²) in [5, 5.41) is 20.0. The van der Waals surface area contributed by atoms with Crippen LogP contribution in [0.5, 0.6) is 5.75 Å². The van der Waals surface area contributed by atoms with E-state index < -0.39 is 34.7 Å². The predicted molar refractivity (Wildman–Crippen MR) is 119 cm³/mol. The van der Waals surface area contributed by atoms with Crippen molar-refractivity contribution < 1.29 is 28.6 Å². The molecule has 0 aliphatic carbocycles. The summed E-state index contributed by atoms with van der Waals surface area (Å²) in [4.78, 5) is 25.7. The Morgan fingerprint density at radius 3 is 2.38 bits per heavy atom. The van der Waals surface area contributed by atoms with Crippen LogP contribution in [0.4, 0.5) is 8.78 Å². The molecule has 0 bridgehead atoms. The molecule has 3 aromatic rings. The number of phenols is 1. The second-order valence-electron chi connectivity index (χ2n) is 7.89. The lowest BCUT2D eigenvalue weighted by atomic mass is 9.76. The number of benzene rings is 2. The Balaban J connectivity index is 2.43. The summed E-state index contributed by atoms with van der Waals surface area (Å²) in [6.07, 6.45) is 1.35. The van der Waals surface area contributed by atoms with Crippen molar-refractivity contribution >= 4 is 46.0 Å². The molecule has 0 spiro atoms. The number of rotatable bonds is 6. The molecule has 170 valence electrons. The number of aliphatic carboxylic acids is 1. The average molecular weight is 484 g/mol. The zero-order chi connectivity index (χ0) is 24.0. The maximum Gasteiger partial charge on any atom is 0.313 e. The number of unbranched alkanes of at least 4 members (excludes halogenated alkanes) is 1. The Morgan fingerprint density at radius 1 is 1.16 bits per heavy atom. The van der Waals surface area contributed by atoms with Crippen LogP contribution >= 0.6 is 23.2 Å². The Morgan fingerprint density at radius 2 is 1.81 bits per heavy atom. The zero-order valence-electron chi connectivity index (χ0n) is 17.6. The van der Waals surface area contributed by atoms with Crippen molar-refractivity contribution in [3.8, 4) is 5.75 Å². The molecule has 9 heteroatoms. The molecule has 32 heavy (non-hydrogen) atoms. The van der Waals surface area contributed by atoms with Crippen LogP contribution in [-0.4, -0.2) is 26.7 Å². The minimum absolute atomic E-state index is 0.00894. The molecular weight excluding hydrogens is 463 g/mol. The number of carboxylic acid groups (broad SMARTS) is 1. The standard InChI is InChI=1S/C23H21Cl2F2NO4/c1-4-5-8-23(3,22(31)32)18-11(2)28(16-10-15(26)20(29)19(27)17(16)18)21(30)12-6-7-13(24)14(25)9-12/h6-7,9-10,29H,4-5,8H2,1-3H3,(H,31,32)/t23-/m1/s1. The van der Waals surface area contributed by atoms with Gasteiger partial charge in [-0.25, -0.2) is 8.78 Å². The molecular formula is C23H21Cl2F2NO4. The van der Waals surface area contributed by atoms with Gasteiger partial charge in [-0.05, 0) is 38.5 Å². The number of aromatic nitrogens is 1. The molecule has 2 aromatic carbocycles. The monoisotopic (exact) mass is 483 g/mol. The fourth-order valence-electron chi connectivity index (χ4n) is 4.05. The summed E-state index contributed by atoms with van der Waals surface area (Å²) >= 11 is 11.9. The highest BCUT2D eigenvalue weighted by molar-refractivity contribution is 6.42. The van der Waals surface area contributed by atoms with E-state index in [0.29, 0.717) is 12.8 Å². The SMILES string of the molecule is CCCC[C@@](C)(C(=O)O)c1c(C)n(C(=O)c2ccc(Cl)c(Cl)c2)c2cc(F)c(O)c(F)c12. The third-order valence-electron chi connectivity index (χ3n) is 5.79. The maximum atomic E-state index is 15.2. The van der Waals surface area contributed by atoms with Crippen LogP contribution in [0, 0.1) is 18.6 Å². The van der Waals surface area contributed by atoms with Gasteiger partial charge >= 0.3 is 5.97 Å². The Kier molecular flexibility index (Phi) is 6.54. The molecule has 3 rings (SSSR count). The number of aromatic hydroxyl groups is 1. The number of carbonyl (C=O) groups is 2. The fourth-order valence-corrected chi connectivity index (χ4v) is 4.35. The third kappa shape index (κ3) is 3.73. The van der Waals surface area contributed by atoms with E-state index in [9.17, 15) is 24.2 Å². The van der Waals surface area contributed by atoms with E-state index in [0.717, 1.165) is 10.6 Å². The number of carboxylic acids is 1. The van der Waals surface area contributed by atoms with Crippen LogP contribution in [-0.2, 0) is 10.2 Å².